The molecule has 0 aliphatic heterocycles. The number of hydrogen-bond acceptors (Lipinski definition) is 2. The molecule has 76 valence electrons. The minimum absolute atomic E-state index is 0.124. The molecule has 2 nitrogen and oxygen atoms in total. The normalized spacial score (nSPS) is 12.5. The summed E-state index contributed by atoms with van der Waals surface area (Å²) in [6, 6.07) is 4.12. The first-order valence-electron chi connectivity index (χ1n) is 4.21. The second-order valence-corrected chi connectivity index (χ2v) is 3.32. The number of rotatable bonds is 4. The summed E-state index contributed by atoms with van der Waals surface area (Å²) in [6.07, 6.45) is 2.37. The Hall–Kier alpha value is -0.900. The molecule has 0 heterocycles. The first kappa shape index (κ1) is 11.2. The van der Waals surface area contributed by atoms with Crippen LogP contribution >= 0.6 is 11.6 Å². The van der Waals surface area contributed by atoms with Gasteiger partial charge in [-0.05, 0) is 24.1 Å². The third-order valence-corrected chi connectivity index (χ3v) is 2.27. The number of benzene rings is 1. The standard InChI is InChI=1S/C10H12ClFN2/c1-2-3-10(14-13)8-5-4-7(12)6-9(8)11/h2,4-6,10,14H,1,3,13H2. The molecular formula is C10H12ClFN2. The average Bonchev–Trinajstić information content (AvgIpc) is 2.15. The van der Waals surface area contributed by atoms with Gasteiger partial charge in [0.2, 0.25) is 0 Å². The first-order chi connectivity index (χ1) is 6.69. The third-order valence-electron chi connectivity index (χ3n) is 1.94. The highest BCUT2D eigenvalue weighted by Crippen LogP contribution is 2.25. The van der Waals surface area contributed by atoms with E-state index in [2.05, 4.69) is 12.0 Å². The van der Waals surface area contributed by atoms with Gasteiger partial charge in [0.25, 0.3) is 0 Å². The maximum Gasteiger partial charge on any atom is 0.124 e. The lowest BCUT2D eigenvalue weighted by molar-refractivity contribution is 0.558. The summed E-state index contributed by atoms with van der Waals surface area (Å²) in [5.74, 6) is 4.99. The quantitative estimate of drug-likeness (QED) is 0.459. The molecule has 0 bridgehead atoms. The van der Waals surface area contributed by atoms with E-state index in [4.69, 9.17) is 17.4 Å². The van der Waals surface area contributed by atoms with Gasteiger partial charge >= 0.3 is 0 Å². The summed E-state index contributed by atoms with van der Waals surface area (Å²) in [7, 11) is 0. The highest BCUT2D eigenvalue weighted by molar-refractivity contribution is 6.31. The number of nitrogens with two attached hydrogens (primary N) is 1. The molecule has 0 radical (unpaired) electrons. The molecule has 0 aliphatic carbocycles. The van der Waals surface area contributed by atoms with Gasteiger partial charge in [0, 0.05) is 5.02 Å². The number of nitrogens with one attached hydrogen (secondary N) is 1. The minimum atomic E-state index is -0.354. The van der Waals surface area contributed by atoms with Gasteiger partial charge in [-0.1, -0.05) is 23.7 Å². The van der Waals surface area contributed by atoms with Crippen LogP contribution in [0.1, 0.15) is 18.0 Å². The number of hydrogen-bond donors (Lipinski definition) is 2. The van der Waals surface area contributed by atoms with Crippen molar-refractivity contribution < 1.29 is 4.39 Å². The Morgan fingerprint density at radius 1 is 1.64 bits per heavy atom. The van der Waals surface area contributed by atoms with E-state index in [0.29, 0.717) is 11.4 Å². The molecule has 1 atom stereocenters. The Balaban J connectivity index is 2.97. The lowest BCUT2D eigenvalue weighted by Gasteiger charge is -2.15. The molecule has 0 spiro atoms. The van der Waals surface area contributed by atoms with Crippen molar-refractivity contribution in [3.05, 3.63) is 47.3 Å². The fraction of sp³-hybridized carbons (Fsp3) is 0.200. The Morgan fingerprint density at radius 2 is 2.36 bits per heavy atom. The van der Waals surface area contributed by atoms with E-state index in [-0.39, 0.29) is 11.9 Å². The Labute approximate surface area is 87.5 Å². The van der Waals surface area contributed by atoms with E-state index in [1.807, 2.05) is 0 Å². The molecule has 0 amide bonds. The van der Waals surface area contributed by atoms with Gasteiger partial charge in [0.1, 0.15) is 5.82 Å². The zero-order chi connectivity index (χ0) is 10.6. The van der Waals surface area contributed by atoms with Crippen molar-refractivity contribution >= 4 is 11.6 Å². The van der Waals surface area contributed by atoms with Crippen LogP contribution in [0.4, 0.5) is 4.39 Å². The smallest absolute Gasteiger partial charge is 0.124 e. The Kier molecular flexibility index (Phi) is 4.07. The Bertz CT molecular complexity index is 328. The predicted molar refractivity (Wildman–Crippen MR) is 56.3 cm³/mol. The van der Waals surface area contributed by atoms with Crippen molar-refractivity contribution in [2.75, 3.05) is 0 Å². The van der Waals surface area contributed by atoms with Crippen molar-refractivity contribution in [2.45, 2.75) is 12.5 Å². The van der Waals surface area contributed by atoms with Crippen LogP contribution in [0.3, 0.4) is 0 Å². The third kappa shape index (κ3) is 2.54. The van der Waals surface area contributed by atoms with E-state index >= 15 is 0 Å². The maximum absolute atomic E-state index is 12.7. The van der Waals surface area contributed by atoms with Gasteiger partial charge in [0.15, 0.2) is 0 Å². The predicted octanol–water partition coefficient (Wildman–Crippen LogP) is 2.56. The second kappa shape index (κ2) is 5.10. The molecule has 14 heavy (non-hydrogen) atoms. The maximum atomic E-state index is 12.7. The van der Waals surface area contributed by atoms with Gasteiger partial charge in [-0.3, -0.25) is 11.3 Å². The molecule has 4 heteroatoms. The molecule has 0 saturated heterocycles. The van der Waals surface area contributed by atoms with Crippen LogP contribution in [0.2, 0.25) is 5.02 Å². The zero-order valence-corrected chi connectivity index (χ0v) is 8.39. The summed E-state index contributed by atoms with van der Waals surface area (Å²) < 4.78 is 12.7. The van der Waals surface area contributed by atoms with Gasteiger partial charge in [0.05, 0.1) is 6.04 Å². The average molecular weight is 215 g/mol. The van der Waals surface area contributed by atoms with Crippen LogP contribution in [0.5, 0.6) is 0 Å². The van der Waals surface area contributed by atoms with Crippen LogP contribution in [0.15, 0.2) is 30.9 Å². The first-order valence-corrected chi connectivity index (χ1v) is 4.58. The fourth-order valence-electron chi connectivity index (χ4n) is 1.24. The molecule has 0 fully saturated rings. The van der Waals surface area contributed by atoms with Gasteiger partial charge in [-0.25, -0.2) is 4.39 Å². The molecular weight excluding hydrogens is 203 g/mol. The highest BCUT2D eigenvalue weighted by Gasteiger charge is 2.11. The summed E-state index contributed by atoms with van der Waals surface area (Å²) in [4.78, 5) is 0. The number of hydrazine groups is 1. The lowest BCUT2D eigenvalue weighted by Crippen LogP contribution is -2.27. The lowest BCUT2D eigenvalue weighted by atomic mass is 10.0. The second-order valence-electron chi connectivity index (χ2n) is 2.91. The molecule has 0 aromatic heterocycles. The molecule has 1 rings (SSSR count). The van der Waals surface area contributed by atoms with Gasteiger partial charge < -0.3 is 0 Å². The molecule has 1 aromatic rings. The highest BCUT2D eigenvalue weighted by atomic mass is 35.5. The number of halogens is 2. The van der Waals surface area contributed by atoms with Crippen molar-refractivity contribution in [1.82, 2.24) is 5.43 Å². The summed E-state index contributed by atoms with van der Waals surface area (Å²) in [5, 5.41) is 0.370. The van der Waals surface area contributed by atoms with E-state index in [9.17, 15) is 4.39 Å². The Morgan fingerprint density at radius 3 is 2.86 bits per heavy atom. The molecule has 1 unspecified atom stereocenters. The SMILES string of the molecule is C=CCC(NN)c1ccc(F)cc1Cl. The van der Waals surface area contributed by atoms with Crippen molar-refractivity contribution in [2.24, 2.45) is 5.84 Å². The van der Waals surface area contributed by atoms with Crippen LogP contribution in [0.25, 0.3) is 0 Å². The monoisotopic (exact) mass is 214 g/mol. The van der Waals surface area contributed by atoms with Gasteiger partial charge in [-0.2, -0.15) is 0 Å². The largest absolute Gasteiger partial charge is 0.271 e. The van der Waals surface area contributed by atoms with Crippen LogP contribution in [-0.2, 0) is 0 Å². The van der Waals surface area contributed by atoms with Crippen LogP contribution < -0.4 is 11.3 Å². The molecule has 3 N–H and O–H groups in total. The van der Waals surface area contributed by atoms with E-state index < -0.39 is 0 Å². The molecule has 0 saturated carbocycles. The van der Waals surface area contributed by atoms with Crippen molar-refractivity contribution in [1.29, 1.82) is 0 Å². The minimum Gasteiger partial charge on any atom is -0.271 e. The zero-order valence-electron chi connectivity index (χ0n) is 7.63. The van der Waals surface area contributed by atoms with E-state index in [1.165, 1.54) is 12.1 Å². The molecule has 1 aromatic carbocycles. The van der Waals surface area contributed by atoms with Crippen LogP contribution in [0, 0.1) is 5.82 Å². The summed E-state index contributed by atoms with van der Waals surface area (Å²) in [6.45, 7) is 3.61. The summed E-state index contributed by atoms with van der Waals surface area (Å²) in [5.41, 5.74) is 3.37. The van der Waals surface area contributed by atoms with Crippen LogP contribution in [-0.4, -0.2) is 0 Å². The van der Waals surface area contributed by atoms with E-state index in [1.54, 1.807) is 12.1 Å². The summed E-state index contributed by atoms with van der Waals surface area (Å²) >= 11 is 5.87. The van der Waals surface area contributed by atoms with Crippen molar-refractivity contribution in [3.63, 3.8) is 0 Å². The van der Waals surface area contributed by atoms with Gasteiger partial charge in [-0.15, -0.1) is 6.58 Å². The topological polar surface area (TPSA) is 38.0 Å². The van der Waals surface area contributed by atoms with E-state index in [0.717, 1.165) is 5.56 Å². The fourth-order valence-corrected chi connectivity index (χ4v) is 1.53. The molecule has 0 aliphatic rings. The van der Waals surface area contributed by atoms with Crippen molar-refractivity contribution in [3.8, 4) is 0 Å².